The van der Waals surface area contributed by atoms with E-state index in [4.69, 9.17) is 9.47 Å². The van der Waals surface area contributed by atoms with Crippen molar-refractivity contribution in [1.82, 2.24) is 14.9 Å². The van der Waals surface area contributed by atoms with Crippen molar-refractivity contribution < 1.29 is 22.6 Å². The van der Waals surface area contributed by atoms with E-state index in [0.717, 1.165) is 35.3 Å². The van der Waals surface area contributed by atoms with Crippen LogP contribution < -0.4 is 25.4 Å². The molecule has 0 fully saturated rings. The molecule has 1 aliphatic heterocycles. The van der Waals surface area contributed by atoms with Crippen LogP contribution in [-0.4, -0.2) is 48.8 Å². The van der Waals surface area contributed by atoms with Crippen LogP contribution in [0, 0.1) is 6.92 Å². The van der Waals surface area contributed by atoms with Gasteiger partial charge in [0, 0.05) is 29.7 Å². The zero-order valence-corrected chi connectivity index (χ0v) is 19.7. The van der Waals surface area contributed by atoms with Gasteiger partial charge in [0.2, 0.25) is 5.95 Å². The van der Waals surface area contributed by atoms with Gasteiger partial charge in [0.25, 0.3) is 0 Å². The van der Waals surface area contributed by atoms with E-state index in [-0.39, 0.29) is 24.0 Å². The Labute approximate surface area is 201 Å². The van der Waals surface area contributed by atoms with E-state index in [9.17, 15) is 13.2 Å². The first-order valence-electron chi connectivity index (χ1n) is 11.1. The van der Waals surface area contributed by atoms with Crippen LogP contribution in [0.25, 0.3) is 0 Å². The second kappa shape index (κ2) is 10.3. The standard InChI is InChI=1S/C24H27F3N6O2/c1-15-13-28-23(32-22(15)30-17-6-8-21-19(12-17)29-14-35-21)31-16-5-7-20(18(11-16)24(25,26)27)34-10-4-9-33(2)3/h5-8,11-13,29H,4,9-10,14H2,1-3H3,(H2,28,30,31,32). The number of hydrogen-bond acceptors (Lipinski definition) is 8. The minimum atomic E-state index is -4.57. The fourth-order valence-electron chi connectivity index (χ4n) is 3.48. The van der Waals surface area contributed by atoms with E-state index in [1.165, 1.54) is 12.1 Å². The number of alkyl halides is 3. The summed E-state index contributed by atoms with van der Waals surface area (Å²) in [5.74, 6) is 1.25. The summed E-state index contributed by atoms with van der Waals surface area (Å²) in [5.41, 5.74) is 1.77. The van der Waals surface area contributed by atoms with Crippen molar-refractivity contribution in [3.05, 3.63) is 53.7 Å². The maximum atomic E-state index is 13.7. The monoisotopic (exact) mass is 488 g/mol. The number of halogens is 3. The Morgan fingerprint density at radius 3 is 2.66 bits per heavy atom. The molecule has 1 aliphatic rings. The van der Waals surface area contributed by atoms with Gasteiger partial charge < -0.3 is 30.3 Å². The molecule has 4 rings (SSSR count). The SMILES string of the molecule is Cc1cnc(Nc2ccc(OCCCN(C)C)c(C(F)(F)F)c2)nc1Nc1ccc2c(c1)NCO2. The van der Waals surface area contributed by atoms with Gasteiger partial charge in [-0.05, 0) is 63.8 Å². The third-order valence-electron chi connectivity index (χ3n) is 5.25. The quantitative estimate of drug-likeness (QED) is 0.346. The first-order valence-corrected chi connectivity index (χ1v) is 11.1. The first kappa shape index (κ1) is 24.4. The van der Waals surface area contributed by atoms with Crippen molar-refractivity contribution in [2.45, 2.75) is 19.5 Å². The molecule has 0 bridgehead atoms. The summed E-state index contributed by atoms with van der Waals surface area (Å²) >= 11 is 0. The van der Waals surface area contributed by atoms with Gasteiger partial charge in [0.1, 0.15) is 17.3 Å². The smallest absolute Gasteiger partial charge is 0.420 e. The van der Waals surface area contributed by atoms with Crippen molar-refractivity contribution >= 4 is 28.8 Å². The van der Waals surface area contributed by atoms with Crippen LogP contribution in [0.3, 0.4) is 0 Å². The molecule has 0 unspecified atom stereocenters. The molecule has 2 heterocycles. The van der Waals surface area contributed by atoms with Crippen molar-refractivity contribution in [2.24, 2.45) is 0 Å². The zero-order valence-electron chi connectivity index (χ0n) is 19.7. The third kappa shape index (κ3) is 6.24. The van der Waals surface area contributed by atoms with E-state index >= 15 is 0 Å². The lowest BCUT2D eigenvalue weighted by Gasteiger charge is -2.17. The number of hydrogen-bond donors (Lipinski definition) is 3. The second-order valence-corrected chi connectivity index (χ2v) is 8.37. The molecule has 3 aromatic rings. The Morgan fingerprint density at radius 2 is 1.89 bits per heavy atom. The topological polar surface area (TPSA) is 83.6 Å². The van der Waals surface area contributed by atoms with E-state index < -0.39 is 11.7 Å². The molecule has 0 spiro atoms. The molecule has 0 saturated heterocycles. The van der Waals surface area contributed by atoms with Gasteiger partial charge >= 0.3 is 6.18 Å². The lowest BCUT2D eigenvalue weighted by atomic mass is 10.1. The van der Waals surface area contributed by atoms with E-state index in [1.807, 2.05) is 44.1 Å². The lowest BCUT2D eigenvalue weighted by molar-refractivity contribution is -0.138. The van der Waals surface area contributed by atoms with Crippen LogP contribution in [0.1, 0.15) is 17.5 Å². The van der Waals surface area contributed by atoms with Crippen LogP contribution in [0.5, 0.6) is 11.5 Å². The van der Waals surface area contributed by atoms with Crippen molar-refractivity contribution in [2.75, 3.05) is 49.9 Å². The molecule has 2 aromatic carbocycles. The Bertz CT molecular complexity index is 1190. The van der Waals surface area contributed by atoms with Gasteiger partial charge in [0.05, 0.1) is 17.9 Å². The third-order valence-corrected chi connectivity index (χ3v) is 5.25. The molecule has 186 valence electrons. The van der Waals surface area contributed by atoms with Gasteiger partial charge in [0.15, 0.2) is 6.73 Å². The maximum Gasteiger partial charge on any atom is 0.420 e. The minimum absolute atomic E-state index is 0.161. The molecule has 0 saturated carbocycles. The fourth-order valence-corrected chi connectivity index (χ4v) is 3.48. The average Bonchev–Trinajstić information content (AvgIpc) is 3.27. The van der Waals surface area contributed by atoms with Crippen LogP contribution >= 0.6 is 0 Å². The molecule has 11 heteroatoms. The van der Waals surface area contributed by atoms with Crippen LogP contribution in [-0.2, 0) is 6.18 Å². The summed E-state index contributed by atoms with van der Waals surface area (Å²) in [4.78, 5) is 10.6. The molecule has 0 amide bonds. The van der Waals surface area contributed by atoms with Gasteiger partial charge in [-0.3, -0.25) is 0 Å². The van der Waals surface area contributed by atoms with Crippen molar-refractivity contribution in [3.8, 4) is 11.5 Å². The summed E-state index contributed by atoms with van der Waals surface area (Å²) in [5, 5.41) is 9.20. The van der Waals surface area contributed by atoms with Crippen LogP contribution in [0.15, 0.2) is 42.6 Å². The highest BCUT2D eigenvalue weighted by molar-refractivity contribution is 5.70. The number of benzene rings is 2. The predicted molar refractivity (Wildman–Crippen MR) is 129 cm³/mol. The van der Waals surface area contributed by atoms with Crippen molar-refractivity contribution in [1.29, 1.82) is 0 Å². The van der Waals surface area contributed by atoms with Gasteiger partial charge in [-0.15, -0.1) is 0 Å². The second-order valence-electron chi connectivity index (χ2n) is 8.37. The molecule has 0 aliphatic carbocycles. The zero-order chi connectivity index (χ0) is 25.0. The Hall–Kier alpha value is -3.73. The molecule has 0 atom stereocenters. The number of fused-ring (bicyclic) bond motifs is 1. The molecule has 35 heavy (non-hydrogen) atoms. The largest absolute Gasteiger partial charge is 0.493 e. The summed E-state index contributed by atoms with van der Waals surface area (Å²) < 4.78 is 51.9. The number of nitrogens with one attached hydrogen (secondary N) is 3. The highest BCUT2D eigenvalue weighted by Gasteiger charge is 2.34. The number of aromatic nitrogens is 2. The first-order chi connectivity index (χ1) is 16.7. The highest BCUT2D eigenvalue weighted by atomic mass is 19.4. The van der Waals surface area contributed by atoms with Gasteiger partial charge in [-0.25, -0.2) is 4.98 Å². The summed E-state index contributed by atoms with van der Waals surface area (Å²) in [6, 6.07) is 9.42. The van der Waals surface area contributed by atoms with Crippen molar-refractivity contribution in [3.63, 3.8) is 0 Å². The number of rotatable bonds is 9. The number of ether oxygens (including phenoxy) is 2. The maximum absolute atomic E-state index is 13.7. The van der Waals surface area contributed by atoms with Crippen LogP contribution in [0.4, 0.5) is 42.0 Å². The Kier molecular flexibility index (Phi) is 7.15. The van der Waals surface area contributed by atoms with Gasteiger partial charge in [-0.2, -0.15) is 18.2 Å². The molecular weight excluding hydrogens is 461 g/mol. The molecule has 0 radical (unpaired) electrons. The van der Waals surface area contributed by atoms with E-state index in [0.29, 0.717) is 19.0 Å². The summed E-state index contributed by atoms with van der Waals surface area (Å²) in [7, 11) is 3.79. The predicted octanol–water partition coefficient (Wildman–Crippen LogP) is 5.38. The fraction of sp³-hybridized carbons (Fsp3) is 0.333. The molecule has 8 nitrogen and oxygen atoms in total. The molecule has 3 N–H and O–H groups in total. The molecule has 1 aromatic heterocycles. The van der Waals surface area contributed by atoms with E-state index in [1.54, 1.807) is 6.20 Å². The van der Waals surface area contributed by atoms with Crippen LogP contribution in [0.2, 0.25) is 0 Å². The Morgan fingerprint density at radius 1 is 1.11 bits per heavy atom. The van der Waals surface area contributed by atoms with Gasteiger partial charge in [-0.1, -0.05) is 0 Å². The summed E-state index contributed by atoms with van der Waals surface area (Å²) in [6.07, 6.45) is -2.36. The van der Waals surface area contributed by atoms with E-state index in [2.05, 4.69) is 25.9 Å². The Balaban J connectivity index is 1.50. The number of anilines is 5. The highest BCUT2D eigenvalue weighted by Crippen LogP contribution is 2.38. The number of aryl methyl sites for hydroxylation is 1. The lowest BCUT2D eigenvalue weighted by Crippen LogP contribution is -2.16. The average molecular weight is 489 g/mol. The summed E-state index contributed by atoms with van der Waals surface area (Å²) in [6.45, 7) is 3.16. The minimum Gasteiger partial charge on any atom is -0.493 e. The number of nitrogens with zero attached hydrogens (tertiary/aromatic N) is 3. The normalized spacial score (nSPS) is 12.7. The molecular formula is C24H27F3N6O2.